The summed E-state index contributed by atoms with van der Waals surface area (Å²) in [6, 6.07) is 0. The van der Waals surface area contributed by atoms with Crippen LogP contribution < -0.4 is 0 Å². The average molecular weight is 135 g/mol. The summed E-state index contributed by atoms with van der Waals surface area (Å²) in [5, 5.41) is 0. The molecule has 0 saturated carbocycles. The van der Waals surface area contributed by atoms with Gasteiger partial charge in [-0.2, -0.15) is 13.2 Å². The maximum absolute atomic E-state index is 11.6. The number of nitrogens with zero attached hydrogens (tertiary/aromatic N) is 1. The second-order valence-electron chi connectivity index (χ2n) is 1.65. The molecular formula is C5H4F3N. The molecule has 0 aromatic rings. The molecular weight excluding hydrogens is 131 g/mol. The first-order valence-electron chi connectivity index (χ1n) is 2.38. The van der Waals surface area contributed by atoms with Crippen LogP contribution >= 0.6 is 0 Å². The van der Waals surface area contributed by atoms with Gasteiger partial charge in [0.1, 0.15) is 0 Å². The molecule has 0 aromatic carbocycles. The van der Waals surface area contributed by atoms with Crippen LogP contribution in [0.2, 0.25) is 0 Å². The summed E-state index contributed by atoms with van der Waals surface area (Å²) in [6.07, 6.45) is -2.31. The molecule has 0 saturated heterocycles. The largest absolute Gasteiger partial charge is 0.417 e. The van der Waals surface area contributed by atoms with Crippen molar-refractivity contribution in [2.24, 2.45) is 4.99 Å². The smallest absolute Gasteiger partial charge is 0.288 e. The van der Waals surface area contributed by atoms with Crippen molar-refractivity contribution in [3.63, 3.8) is 0 Å². The first-order valence-corrected chi connectivity index (χ1v) is 2.38. The van der Waals surface area contributed by atoms with Crippen LogP contribution in [0.5, 0.6) is 0 Å². The van der Waals surface area contributed by atoms with E-state index >= 15 is 0 Å². The second-order valence-corrected chi connectivity index (χ2v) is 1.65. The number of halogens is 3. The highest BCUT2D eigenvalue weighted by atomic mass is 19.4. The average Bonchev–Trinajstić information content (AvgIpc) is 2.08. The van der Waals surface area contributed by atoms with Crippen molar-refractivity contribution in [1.29, 1.82) is 0 Å². The highest BCUT2D eigenvalue weighted by molar-refractivity contribution is 5.82. The molecule has 1 nitrogen and oxygen atoms in total. The topological polar surface area (TPSA) is 12.4 Å². The number of hydrogen-bond acceptors (Lipinski definition) is 1. The maximum atomic E-state index is 11.6. The van der Waals surface area contributed by atoms with Crippen molar-refractivity contribution < 1.29 is 13.2 Å². The molecule has 4 heteroatoms. The van der Waals surface area contributed by atoms with Crippen LogP contribution in [-0.4, -0.2) is 18.9 Å². The molecule has 0 amide bonds. The van der Waals surface area contributed by atoms with E-state index in [1.165, 1.54) is 0 Å². The molecule has 1 aliphatic rings. The van der Waals surface area contributed by atoms with Gasteiger partial charge in [0.2, 0.25) is 0 Å². The Morgan fingerprint density at radius 3 is 2.33 bits per heavy atom. The fourth-order valence-corrected chi connectivity index (χ4v) is 0.544. The monoisotopic (exact) mass is 135 g/mol. The third-order valence-electron chi connectivity index (χ3n) is 0.974. The third kappa shape index (κ3) is 1.31. The lowest BCUT2D eigenvalue weighted by molar-refractivity contribution is -0.0854. The quantitative estimate of drug-likeness (QED) is 0.478. The van der Waals surface area contributed by atoms with Crippen LogP contribution in [0.15, 0.2) is 16.6 Å². The van der Waals surface area contributed by atoms with Gasteiger partial charge in [0.15, 0.2) is 0 Å². The van der Waals surface area contributed by atoms with Crippen molar-refractivity contribution in [3.05, 3.63) is 11.6 Å². The summed E-state index contributed by atoms with van der Waals surface area (Å²) in [6.45, 7) is 0.162. The van der Waals surface area contributed by atoms with Gasteiger partial charge in [-0.15, -0.1) is 0 Å². The van der Waals surface area contributed by atoms with E-state index in [1.54, 1.807) is 0 Å². The molecule has 1 heterocycles. The summed E-state index contributed by atoms with van der Waals surface area (Å²) >= 11 is 0. The minimum atomic E-state index is -4.21. The molecule has 1 rings (SSSR count). The summed E-state index contributed by atoms with van der Waals surface area (Å²) in [5.74, 6) is 0. The van der Waals surface area contributed by atoms with E-state index in [2.05, 4.69) is 4.99 Å². The Hall–Kier alpha value is -0.800. The zero-order chi connectivity index (χ0) is 6.91. The fraction of sp³-hybridized carbons (Fsp3) is 0.400. The lowest BCUT2D eigenvalue weighted by Crippen LogP contribution is -2.10. The normalized spacial score (nSPS) is 18.3. The highest BCUT2D eigenvalue weighted by Crippen LogP contribution is 2.25. The number of rotatable bonds is 0. The van der Waals surface area contributed by atoms with E-state index in [0.717, 1.165) is 12.3 Å². The molecule has 0 bridgehead atoms. The molecule has 0 unspecified atom stereocenters. The van der Waals surface area contributed by atoms with Gasteiger partial charge in [0.05, 0.1) is 12.1 Å². The number of aliphatic imine (C=N–C) groups is 1. The Bertz CT molecular complexity index is 166. The van der Waals surface area contributed by atoms with Crippen LogP contribution in [0, 0.1) is 0 Å². The molecule has 0 spiro atoms. The fourth-order valence-electron chi connectivity index (χ4n) is 0.544. The lowest BCUT2D eigenvalue weighted by Gasteiger charge is -2.01. The van der Waals surface area contributed by atoms with E-state index in [0.29, 0.717) is 0 Å². The molecule has 0 N–H and O–H groups in total. The minimum absolute atomic E-state index is 0.162. The van der Waals surface area contributed by atoms with Gasteiger partial charge in [0, 0.05) is 6.21 Å². The summed E-state index contributed by atoms with van der Waals surface area (Å²) < 4.78 is 34.8. The summed E-state index contributed by atoms with van der Waals surface area (Å²) in [7, 11) is 0. The highest BCUT2D eigenvalue weighted by Gasteiger charge is 2.32. The maximum Gasteiger partial charge on any atom is 0.417 e. The number of alkyl halides is 3. The molecule has 1 aliphatic heterocycles. The molecule has 9 heavy (non-hydrogen) atoms. The van der Waals surface area contributed by atoms with Gasteiger partial charge >= 0.3 is 6.18 Å². The first-order chi connectivity index (χ1) is 4.11. The van der Waals surface area contributed by atoms with Crippen molar-refractivity contribution in [2.75, 3.05) is 6.54 Å². The Kier molecular flexibility index (Phi) is 1.31. The van der Waals surface area contributed by atoms with Crippen molar-refractivity contribution in [2.45, 2.75) is 6.18 Å². The van der Waals surface area contributed by atoms with E-state index in [1.807, 2.05) is 0 Å². The SMILES string of the molecule is FC(F)(F)C1=CCN=C1. The van der Waals surface area contributed by atoms with Crippen LogP contribution in [0.25, 0.3) is 0 Å². The van der Waals surface area contributed by atoms with Gasteiger partial charge in [-0.05, 0) is 6.08 Å². The van der Waals surface area contributed by atoms with E-state index in [-0.39, 0.29) is 6.54 Å². The van der Waals surface area contributed by atoms with E-state index < -0.39 is 11.7 Å². The van der Waals surface area contributed by atoms with Crippen molar-refractivity contribution in [3.8, 4) is 0 Å². The molecule has 0 aromatic heterocycles. The minimum Gasteiger partial charge on any atom is -0.288 e. The Morgan fingerprint density at radius 2 is 2.11 bits per heavy atom. The van der Waals surface area contributed by atoms with E-state index in [9.17, 15) is 13.2 Å². The van der Waals surface area contributed by atoms with Gasteiger partial charge in [-0.3, -0.25) is 4.99 Å². The Balaban J connectivity index is 2.73. The zero-order valence-corrected chi connectivity index (χ0v) is 4.44. The standard InChI is InChI=1S/C5H4F3N/c6-5(7,8)4-1-2-9-3-4/h1,3H,2H2. The number of allylic oxidation sites excluding steroid dienone is 1. The lowest BCUT2D eigenvalue weighted by atomic mass is 10.3. The van der Waals surface area contributed by atoms with Crippen LogP contribution in [0.3, 0.4) is 0 Å². The van der Waals surface area contributed by atoms with E-state index in [4.69, 9.17) is 0 Å². The van der Waals surface area contributed by atoms with Gasteiger partial charge in [-0.1, -0.05) is 0 Å². The van der Waals surface area contributed by atoms with Crippen LogP contribution in [0.4, 0.5) is 13.2 Å². The Morgan fingerprint density at radius 1 is 1.44 bits per heavy atom. The second kappa shape index (κ2) is 1.86. The summed E-state index contributed by atoms with van der Waals surface area (Å²) in [4.78, 5) is 3.39. The first kappa shape index (κ1) is 6.32. The predicted molar refractivity (Wildman–Crippen MR) is 27.5 cm³/mol. The predicted octanol–water partition coefficient (Wildman–Crippen LogP) is 1.56. The van der Waals surface area contributed by atoms with Crippen molar-refractivity contribution >= 4 is 6.21 Å². The molecule has 0 radical (unpaired) electrons. The molecule has 0 fully saturated rings. The van der Waals surface area contributed by atoms with Crippen LogP contribution in [-0.2, 0) is 0 Å². The number of hydrogen-bond donors (Lipinski definition) is 0. The zero-order valence-electron chi connectivity index (χ0n) is 4.44. The van der Waals surface area contributed by atoms with Gasteiger partial charge in [0.25, 0.3) is 0 Å². The summed E-state index contributed by atoms with van der Waals surface area (Å²) in [5.41, 5.74) is -0.637. The van der Waals surface area contributed by atoms with Gasteiger partial charge < -0.3 is 0 Å². The Labute approximate surface area is 49.9 Å². The molecule has 50 valence electrons. The molecule has 0 atom stereocenters. The van der Waals surface area contributed by atoms with Crippen LogP contribution in [0.1, 0.15) is 0 Å². The third-order valence-corrected chi connectivity index (χ3v) is 0.974. The molecule has 0 aliphatic carbocycles. The van der Waals surface area contributed by atoms with Gasteiger partial charge in [-0.25, -0.2) is 0 Å². The van der Waals surface area contributed by atoms with Crippen molar-refractivity contribution in [1.82, 2.24) is 0 Å².